The van der Waals surface area contributed by atoms with Crippen molar-refractivity contribution in [3.63, 3.8) is 0 Å². The van der Waals surface area contributed by atoms with Crippen molar-refractivity contribution in [1.82, 2.24) is 9.47 Å². The number of fused-ring (bicyclic) bond motifs is 1. The van der Waals surface area contributed by atoms with Gasteiger partial charge in [0.2, 0.25) is 0 Å². The van der Waals surface area contributed by atoms with Gasteiger partial charge in [-0.1, -0.05) is 36.4 Å². The molecule has 0 atom stereocenters. The van der Waals surface area contributed by atoms with Crippen LogP contribution in [0.1, 0.15) is 53.6 Å². The maximum absolute atomic E-state index is 13.0. The lowest BCUT2D eigenvalue weighted by Gasteiger charge is -2.32. The lowest BCUT2D eigenvalue weighted by atomic mass is 9.88. The molecule has 0 N–H and O–H groups in total. The first kappa shape index (κ1) is 21.6. The van der Waals surface area contributed by atoms with Crippen molar-refractivity contribution >= 4 is 16.7 Å². The highest BCUT2D eigenvalue weighted by Crippen LogP contribution is 2.34. The van der Waals surface area contributed by atoms with E-state index in [0.717, 1.165) is 60.6 Å². The van der Waals surface area contributed by atoms with E-state index >= 15 is 0 Å². The van der Waals surface area contributed by atoms with Crippen molar-refractivity contribution in [1.29, 1.82) is 0 Å². The first-order valence-electron chi connectivity index (χ1n) is 10.9. The van der Waals surface area contributed by atoms with Crippen molar-refractivity contribution in [2.45, 2.75) is 44.8 Å². The van der Waals surface area contributed by atoms with E-state index in [4.69, 9.17) is 0 Å². The summed E-state index contributed by atoms with van der Waals surface area (Å²) in [7, 11) is 0. The van der Waals surface area contributed by atoms with Gasteiger partial charge < -0.3 is 9.47 Å². The third kappa shape index (κ3) is 4.69. The Morgan fingerprint density at radius 1 is 1.06 bits per heavy atom. The van der Waals surface area contributed by atoms with Crippen molar-refractivity contribution in [2.75, 3.05) is 19.6 Å². The predicted octanol–water partition coefficient (Wildman–Crippen LogP) is 6.13. The number of Topliss-reactive ketones (excluding diaryl/α,β-unsaturated/α-hetero) is 1. The van der Waals surface area contributed by atoms with Crippen LogP contribution in [0.3, 0.4) is 0 Å². The van der Waals surface area contributed by atoms with Crippen molar-refractivity contribution in [3.8, 4) is 0 Å². The number of alkyl halides is 3. The Labute approximate surface area is 180 Å². The number of hydrogen-bond donors (Lipinski definition) is 0. The van der Waals surface area contributed by atoms with Crippen LogP contribution in [0.4, 0.5) is 13.2 Å². The topological polar surface area (TPSA) is 25.2 Å². The second-order valence-corrected chi connectivity index (χ2v) is 8.26. The highest BCUT2D eigenvalue weighted by molar-refractivity contribution is 6.08. The van der Waals surface area contributed by atoms with Crippen LogP contribution in [0.5, 0.6) is 0 Å². The second kappa shape index (κ2) is 8.87. The first-order valence-corrected chi connectivity index (χ1v) is 10.9. The van der Waals surface area contributed by atoms with E-state index in [0.29, 0.717) is 13.0 Å². The van der Waals surface area contributed by atoms with Gasteiger partial charge in [-0.2, -0.15) is 13.2 Å². The third-order valence-electron chi connectivity index (χ3n) is 6.36. The Kier molecular flexibility index (Phi) is 6.19. The fraction of sp³-hybridized carbons (Fsp3) is 0.400. The van der Waals surface area contributed by atoms with Gasteiger partial charge in [0.25, 0.3) is 0 Å². The van der Waals surface area contributed by atoms with Crippen LogP contribution >= 0.6 is 0 Å². The Bertz CT molecular complexity index is 1060. The summed E-state index contributed by atoms with van der Waals surface area (Å²) in [6.45, 7) is 5.15. The van der Waals surface area contributed by atoms with E-state index in [9.17, 15) is 18.0 Å². The van der Waals surface area contributed by atoms with Crippen molar-refractivity contribution in [2.24, 2.45) is 0 Å². The van der Waals surface area contributed by atoms with Gasteiger partial charge in [-0.3, -0.25) is 4.79 Å². The van der Waals surface area contributed by atoms with E-state index in [2.05, 4.69) is 16.4 Å². The minimum Gasteiger partial charge on any atom is -0.347 e. The van der Waals surface area contributed by atoms with Crippen LogP contribution in [0.15, 0.2) is 54.7 Å². The normalized spacial score (nSPS) is 16.1. The number of piperidine rings is 1. The molecule has 1 aliphatic rings. The summed E-state index contributed by atoms with van der Waals surface area (Å²) in [6, 6.07) is 13.7. The predicted molar refractivity (Wildman–Crippen MR) is 116 cm³/mol. The zero-order valence-corrected chi connectivity index (χ0v) is 17.7. The summed E-state index contributed by atoms with van der Waals surface area (Å²) >= 11 is 0. The van der Waals surface area contributed by atoms with Crippen molar-refractivity contribution < 1.29 is 18.0 Å². The number of ketones is 1. The van der Waals surface area contributed by atoms with Gasteiger partial charge in [0.1, 0.15) is 0 Å². The molecule has 3 aromatic rings. The molecule has 2 aromatic carbocycles. The maximum atomic E-state index is 13.0. The molecule has 0 aliphatic carbocycles. The molecule has 1 aromatic heterocycles. The molecule has 1 fully saturated rings. The molecule has 6 heteroatoms. The minimum absolute atomic E-state index is 0.136. The molecule has 0 spiro atoms. The molecule has 0 amide bonds. The van der Waals surface area contributed by atoms with Crippen LogP contribution in [0.2, 0.25) is 0 Å². The van der Waals surface area contributed by atoms with E-state index in [1.807, 2.05) is 30.5 Å². The molecule has 0 saturated carbocycles. The Hall–Kier alpha value is -2.60. The monoisotopic (exact) mass is 428 g/mol. The summed E-state index contributed by atoms with van der Waals surface area (Å²) in [4.78, 5) is 15.2. The lowest BCUT2D eigenvalue weighted by molar-refractivity contribution is -0.137. The molecule has 0 bridgehead atoms. The summed E-state index contributed by atoms with van der Waals surface area (Å²) < 4.78 is 41.1. The molecule has 1 saturated heterocycles. The van der Waals surface area contributed by atoms with Crippen LogP contribution in [-0.4, -0.2) is 34.9 Å². The standard InChI is InChI=1S/C25H27F3N2O/c1-2-30-17-22(21-8-3-4-9-23(21)30)24(31)12-15-29-13-10-18(11-14-29)19-6-5-7-20(16-19)25(26,27)28/h3-9,16-18H,2,10-15H2,1H3. The van der Waals surface area contributed by atoms with Gasteiger partial charge in [-0.15, -0.1) is 0 Å². The van der Waals surface area contributed by atoms with Gasteiger partial charge in [0.15, 0.2) is 5.78 Å². The second-order valence-electron chi connectivity index (χ2n) is 8.26. The molecular weight excluding hydrogens is 401 g/mol. The first-order chi connectivity index (χ1) is 14.9. The fourth-order valence-electron chi connectivity index (χ4n) is 4.58. The molecule has 3 nitrogen and oxygen atoms in total. The summed E-state index contributed by atoms with van der Waals surface area (Å²) in [5, 5.41) is 0.998. The van der Waals surface area contributed by atoms with Gasteiger partial charge in [0.05, 0.1) is 5.56 Å². The average molecular weight is 428 g/mol. The number of aryl methyl sites for hydroxylation is 1. The molecule has 4 rings (SSSR count). The smallest absolute Gasteiger partial charge is 0.347 e. The molecule has 0 unspecified atom stereocenters. The van der Waals surface area contributed by atoms with Crippen LogP contribution in [0.25, 0.3) is 10.9 Å². The highest BCUT2D eigenvalue weighted by atomic mass is 19.4. The lowest BCUT2D eigenvalue weighted by Crippen LogP contribution is -2.34. The number of halogens is 3. The fourth-order valence-corrected chi connectivity index (χ4v) is 4.58. The highest BCUT2D eigenvalue weighted by Gasteiger charge is 2.31. The summed E-state index contributed by atoms with van der Waals surface area (Å²) in [6.07, 6.45) is -0.286. The van der Waals surface area contributed by atoms with Crippen LogP contribution < -0.4 is 0 Å². The van der Waals surface area contributed by atoms with Gasteiger partial charge in [0, 0.05) is 42.2 Å². The Balaban J connectivity index is 1.35. The van der Waals surface area contributed by atoms with Crippen LogP contribution in [-0.2, 0) is 12.7 Å². The maximum Gasteiger partial charge on any atom is 0.416 e. The van der Waals surface area contributed by atoms with E-state index in [1.54, 1.807) is 6.07 Å². The number of hydrogen-bond acceptors (Lipinski definition) is 2. The molecule has 164 valence electrons. The van der Waals surface area contributed by atoms with Crippen molar-refractivity contribution in [3.05, 3.63) is 71.4 Å². The number of likely N-dealkylation sites (tertiary alicyclic amines) is 1. The van der Waals surface area contributed by atoms with E-state index in [1.165, 1.54) is 12.1 Å². The van der Waals surface area contributed by atoms with Gasteiger partial charge in [-0.05, 0) is 56.5 Å². The Morgan fingerprint density at radius 2 is 1.81 bits per heavy atom. The van der Waals surface area contributed by atoms with Gasteiger partial charge >= 0.3 is 6.18 Å². The zero-order valence-electron chi connectivity index (χ0n) is 17.7. The number of carbonyl (C=O) groups is 1. The third-order valence-corrected chi connectivity index (χ3v) is 6.36. The number of benzene rings is 2. The largest absolute Gasteiger partial charge is 0.416 e. The van der Waals surface area contributed by atoms with E-state index < -0.39 is 11.7 Å². The SMILES string of the molecule is CCn1cc(C(=O)CCN2CCC(c3cccc(C(F)(F)F)c3)CC2)c2ccccc21. The minimum atomic E-state index is -4.31. The summed E-state index contributed by atoms with van der Waals surface area (Å²) in [5.41, 5.74) is 2.04. The zero-order chi connectivity index (χ0) is 22.0. The quantitative estimate of drug-likeness (QED) is 0.441. The number of nitrogens with zero attached hydrogens (tertiary/aromatic N) is 2. The number of aromatic nitrogens is 1. The molecule has 1 aliphatic heterocycles. The Morgan fingerprint density at radius 3 is 2.52 bits per heavy atom. The molecule has 2 heterocycles. The number of para-hydroxylation sites is 1. The average Bonchev–Trinajstić information content (AvgIpc) is 3.16. The molecule has 31 heavy (non-hydrogen) atoms. The summed E-state index contributed by atoms with van der Waals surface area (Å²) in [5.74, 6) is 0.278. The number of carbonyl (C=O) groups excluding carboxylic acids is 1. The molecular formula is C25H27F3N2O. The van der Waals surface area contributed by atoms with E-state index in [-0.39, 0.29) is 11.7 Å². The van der Waals surface area contributed by atoms with Crippen LogP contribution in [0, 0.1) is 0 Å². The van der Waals surface area contributed by atoms with Gasteiger partial charge in [-0.25, -0.2) is 0 Å². The molecule has 0 radical (unpaired) electrons. The number of rotatable bonds is 6.